The highest BCUT2D eigenvalue weighted by Crippen LogP contribution is 2.26. The van der Waals surface area contributed by atoms with Crippen LogP contribution >= 0.6 is 22.6 Å². The molecule has 0 bridgehead atoms. The maximum absolute atomic E-state index is 13.4. The third-order valence-electron chi connectivity index (χ3n) is 4.60. The number of halogens is 2. The number of nitriles is 1. The van der Waals surface area contributed by atoms with Crippen LogP contribution in [0.4, 0.5) is 10.1 Å². The number of allylic oxidation sites excluding steroid dienone is 1. The van der Waals surface area contributed by atoms with Crippen molar-refractivity contribution in [2.24, 2.45) is 0 Å². The van der Waals surface area contributed by atoms with Crippen molar-refractivity contribution in [1.82, 2.24) is 9.97 Å². The second-order valence-electron chi connectivity index (χ2n) is 6.82. The lowest BCUT2D eigenvalue weighted by atomic mass is 10.1. The van der Waals surface area contributed by atoms with Gasteiger partial charge in [-0.25, -0.2) is 9.37 Å². The highest BCUT2D eigenvalue weighted by molar-refractivity contribution is 14.1. The van der Waals surface area contributed by atoms with Crippen molar-refractivity contribution in [3.8, 4) is 11.8 Å². The summed E-state index contributed by atoms with van der Waals surface area (Å²) in [6.45, 7) is 0.186. The third kappa shape index (κ3) is 4.76. The molecule has 0 atom stereocenters. The molecule has 3 aromatic carbocycles. The molecular formula is C23H14FIN4O3. The molecule has 4 aromatic rings. The summed E-state index contributed by atoms with van der Waals surface area (Å²) in [6, 6.07) is 18.0. The Kier molecular flexibility index (Phi) is 6.13. The zero-order chi connectivity index (χ0) is 22.7. The monoisotopic (exact) mass is 540 g/mol. The lowest BCUT2D eigenvalue weighted by Crippen LogP contribution is -1.98. The van der Waals surface area contributed by atoms with Crippen molar-refractivity contribution in [3.05, 3.63) is 97.1 Å². The number of benzene rings is 3. The van der Waals surface area contributed by atoms with E-state index in [0.29, 0.717) is 33.7 Å². The fraction of sp³-hybridized carbons (Fsp3) is 0.0435. The number of rotatable bonds is 6. The molecule has 0 fully saturated rings. The minimum atomic E-state index is -0.445. The number of nitro groups is 1. The largest absolute Gasteiger partial charge is 0.488 e. The Morgan fingerprint density at radius 1 is 1.25 bits per heavy atom. The first kappa shape index (κ1) is 21.5. The molecule has 9 heteroatoms. The molecular weight excluding hydrogens is 526 g/mol. The first-order valence-electron chi connectivity index (χ1n) is 9.36. The molecule has 4 rings (SSSR count). The molecule has 0 saturated heterocycles. The number of nitro benzene ring substituents is 1. The number of nitrogens with one attached hydrogen (secondary N) is 1. The average molecular weight is 540 g/mol. The number of aromatic amines is 1. The predicted octanol–water partition coefficient (Wildman–Crippen LogP) is 5.86. The van der Waals surface area contributed by atoms with E-state index in [1.54, 1.807) is 36.4 Å². The number of nitrogens with zero attached hydrogens (tertiary/aromatic N) is 3. The van der Waals surface area contributed by atoms with Gasteiger partial charge in [0.25, 0.3) is 5.69 Å². The van der Waals surface area contributed by atoms with Crippen molar-refractivity contribution in [2.45, 2.75) is 6.61 Å². The lowest BCUT2D eigenvalue weighted by Gasteiger charge is -2.09. The Balaban J connectivity index is 1.54. The van der Waals surface area contributed by atoms with Crippen molar-refractivity contribution >= 4 is 51.0 Å². The minimum absolute atomic E-state index is 0.0126. The molecule has 0 radical (unpaired) electrons. The van der Waals surface area contributed by atoms with Crippen LogP contribution in [-0.4, -0.2) is 14.9 Å². The van der Waals surface area contributed by atoms with Gasteiger partial charge in [0.2, 0.25) is 0 Å². The Bertz CT molecular complexity index is 1410. The highest BCUT2D eigenvalue weighted by atomic mass is 127. The summed E-state index contributed by atoms with van der Waals surface area (Å²) in [6.07, 6.45) is 1.68. The van der Waals surface area contributed by atoms with Gasteiger partial charge in [-0.3, -0.25) is 10.1 Å². The number of non-ortho nitro benzene ring substituents is 1. The fourth-order valence-corrected chi connectivity index (χ4v) is 3.77. The standard InChI is InChI=1S/C23H14FIN4O3/c24-17-5-6-20-21(11-17)28-23(27-20)16(12-26)8-14-4-7-22(19(25)10-14)32-13-15-2-1-3-18(9-15)29(30)31/h1-11H,13H2,(H,27,28)/b16-8-. The molecule has 0 unspecified atom stereocenters. The van der Waals surface area contributed by atoms with Crippen LogP contribution in [0.3, 0.4) is 0 Å². The first-order chi connectivity index (χ1) is 15.4. The van der Waals surface area contributed by atoms with Gasteiger partial charge in [0.1, 0.15) is 30.1 Å². The second-order valence-corrected chi connectivity index (χ2v) is 7.98. The van der Waals surface area contributed by atoms with Crippen molar-refractivity contribution in [3.63, 3.8) is 0 Å². The lowest BCUT2D eigenvalue weighted by molar-refractivity contribution is -0.384. The number of H-pyrrole nitrogens is 1. The zero-order valence-electron chi connectivity index (χ0n) is 16.4. The molecule has 158 valence electrons. The molecule has 0 amide bonds. The summed E-state index contributed by atoms with van der Waals surface area (Å²) in [5.74, 6) is 0.589. The first-order valence-corrected chi connectivity index (χ1v) is 10.4. The van der Waals surface area contributed by atoms with Crippen LogP contribution in [0.1, 0.15) is 17.0 Å². The molecule has 0 aliphatic rings. The van der Waals surface area contributed by atoms with Crippen LogP contribution in [-0.2, 0) is 6.61 Å². The van der Waals surface area contributed by atoms with E-state index in [2.05, 4.69) is 38.6 Å². The predicted molar refractivity (Wildman–Crippen MR) is 126 cm³/mol. The topological polar surface area (TPSA) is 105 Å². The Hall–Kier alpha value is -3.78. The smallest absolute Gasteiger partial charge is 0.269 e. The number of fused-ring (bicyclic) bond motifs is 1. The number of hydrogen-bond acceptors (Lipinski definition) is 5. The quantitative estimate of drug-likeness (QED) is 0.143. The Morgan fingerprint density at radius 2 is 2.09 bits per heavy atom. The molecule has 0 saturated carbocycles. The van der Waals surface area contributed by atoms with Crippen molar-refractivity contribution in [1.29, 1.82) is 5.26 Å². The van der Waals surface area contributed by atoms with Crippen LogP contribution in [0.25, 0.3) is 22.7 Å². The van der Waals surface area contributed by atoms with Gasteiger partial charge in [-0.05, 0) is 70.1 Å². The molecule has 0 aliphatic heterocycles. The SMILES string of the molecule is N#C/C(=C/c1ccc(OCc2cccc([N+](=O)[O-])c2)c(I)c1)c1nc2ccc(F)cc2[nH]1. The highest BCUT2D eigenvalue weighted by Gasteiger charge is 2.11. The Morgan fingerprint density at radius 3 is 2.84 bits per heavy atom. The van der Waals surface area contributed by atoms with Gasteiger partial charge in [0.05, 0.1) is 25.1 Å². The summed E-state index contributed by atoms with van der Waals surface area (Å²) in [4.78, 5) is 17.8. The Labute approximate surface area is 195 Å². The summed E-state index contributed by atoms with van der Waals surface area (Å²) >= 11 is 2.12. The van der Waals surface area contributed by atoms with Crippen LogP contribution < -0.4 is 4.74 Å². The maximum Gasteiger partial charge on any atom is 0.269 e. The van der Waals surface area contributed by atoms with E-state index in [-0.39, 0.29) is 18.1 Å². The summed E-state index contributed by atoms with van der Waals surface area (Å²) in [5.41, 5.74) is 2.86. The zero-order valence-corrected chi connectivity index (χ0v) is 18.5. The van der Waals surface area contributed by atoms with Gasteiger partial charge in [0, 0.05) is 12.1 Å². The summed E-state index contributed by atoms with van der Waals surface area (Å²) < 4.78 is 20.0. The van der Waals surface area contributed by atoms with Crippen LogP contribution in [0.5, 0.6) is 5.75 Å². The van der Waals surface area contributed by atoms with Gasteiger partial charge in [0.15, 0.2) is 0 Å². The number of imidazole rings is 1. The summed E-state index contributed by atoms with van der Waals surface area (Å²) in [5, 5.41) is 20.5. The van der Waals surface area contributed by atoms with E-state index >= 15 is 0 Å². The third-order valence-corrected chi connectivity index (χ3v) is 5.45. The van der Waals surface area contributed by atoms with E-state index in [4.69, 9.17) is 4.74 Å². The molecule has 0 aliphatic carbocycles. The average Bonchev–Trinajstić information content (AvgIpc) is 3.20. The van der Waals surface area contributed by atoms with Gasteiger partial charge in [-0.15, -0.1) is 0 Å². The van der Waals surface area contributed by atoms with Gasteiger partial charge in [-0.1, -0.05) is 18.2 Å². The molecule has 0 spiro atoms. The van der Waals surface area contributed by atoms with E-state index in [1.807, 2.05) is 6.07 Å². The van der Waals surface area contributed by atoms with Crippen LogP contribution in [0.2, 0.25) is 0 Å². The van der Waals surface area contributed by atoms with Crippen LogP contribution in [0.15, 0.2) is 60.7 Å². The molecule has 7 nitrogen and oxygen atoms in total. The maximum atomic E-state index is 13.4. The van der Waals surface area contributed by atoms with E-state index in [0.717, 1.165) is 9.13 Å². The molecule has 32 heavy (non-hydrogen) atoms. The van der Waals surface area contributed by atoms with E-state index in [9.17, 15) is 19.8 Å². The number of aromatic nitrogens is 2. The van der Waals surface area contributed by atoms with Crippen molar-refractivity contribution < 1.29 is 14.1 Å². The molecule has 1 aromatic heterocycles. The minimum Gasteiger partial charge on any atom is -0.488 e. The second kappa shape index (κ2) is 9.15. The van der Waals surface area contributed by atoms with Gasteiger partial charge >= 0.3 is 0 Å². The number of ether oxygens (including phenoxy) is 1. The van der Waals surface area contributed by atoms with Gasteiger partial charge in [-0.2, -0.15) is 5.26 Å². The van der Waals surface area contributed by atoms with Crippen molar-refractivity contribution in [2.75, 3.05) is 0 Å². The summed E-state index contributed by atoms with van der Waals surface area (Å²) in [7, 11) is 0. The van der Waals surface area contributed by atoms with Gasteiger partial charge < -0.3 is 9.72 Å². The normalized spacial score (nSPS) is 11.3. The molecule has 1 heterocycles. The van der Waals surface area contributed by atoms with E-state index in [1.165, 1.54) is 24.3 Å². The molecule has 1 N–H and O–H groups in total. The fourth-order valence-electron chi connectivity index (χ4n) is 3.07. The number of hydrogen-bond donors (Lipinski definition) is 1. The van der Waals surface area contributed by atoms with Crippen LogP contribution in [0, 0.1) is 30.8 Å². The van der Waals surface area contributed by atoms with E-state index < -0.39 is 4.92 Å².